The highest BCUT2D eigenvalue weighted by Crippen LogP contribution is 2.38. The molecule has 0 unspecified atom stereocenters. The maximum absolute atomic E-state index is 13.1. The smallest absolute Gasteiger partial charge is 0.416 e. The number of ether oxygens (including phenoxy) is 1. The van der Waals surface area contributed by atoms with E-state index in [9.17, 15) is 21.6 Å². The van der Waals surface area contributed by atoms with Gasteiger partial charge in [0.2, 0.25) is 9.84 Å². The van der Waals surface area contributed by atoms with Gasteiger partial charge in [-0.25, -0.2) is 8.42 Å². The van der Waals surface area contributed by atoms with Gasteiger partial charge in [-0.1, -0.05) is 23.2 Å². The first-order valence-corrected chi connectivity index (χ1v) is 10.9. The Morgan fingerprint density at radius 2 is 1.61 bits per heavy atom. The van der Waals surface area contributed by atoms with E-state index in [1.807, 2.05) is 0 Å². The van der Waals surface area contributed by atoms with Crippen molar-refractivity contribution in [2.75, 3.05) is 0 Å². The molecule has 3 aromatic carbocycles. The number of rotatable bonds is 4. The second kappa shape index (κ2) is 7.78. The number of hydrogen-bond acceptors (Lipinski definition) is 3. The lowest BCUT2D eigenvalue weighted by Gasteiger charge is -2.10. The number of alkyl halides is 3. The Kier molecular flexibility index (Phi) is 5.41. The maximum atomic E-state index is 13.1. The zero-order valence-electron chi connectivity index (χ0n) is 15.3. The van der Waals surface area contributed by atoms with Crippen LogP contribution in [0.15, 0.2) is 70.6 Å². The number of fused-ring (bicyclic) bond motifs is 1. The Hall–Kier alpha value is -2.68. The molecule has 1 N–H and O–H groups in total. The molecule has 159 valence electrons. The second-order valence-electron chi connectivity index (χ2n) is 6.47. The van der Waals surface area contributed by atoms with Crippen LogP contribution in [-0.4, -0.2) is 13.4 Å². The lowest BCUT2D eigenvalue weighted by atomic mass is 10.2. The number of sulfone groups is 1. The van der Waals surface area contributed by atoms with Crippen molar-refractivity contribution in [3.05, 3.63) is 82.5 Å². The monoisotopic (exact) mass is 484 g/mol. The third-order valence-corrected chi connectivity index (χ3v) is 6.84. The van der Waals surface area contributed by atoms with E-state index in [0.29, 0.717) is 10.9 Å². The molecule has 0 aliphatic heterocycles. The largest absolute Gasteiger partial charge is 0.454 e. The Bertz CT molecular complexity index is 1360. The van der Waals surface area contributed by atoms with Gasteiger partial charge in [-0.2, -0.15) is 13.2 Å². The van der Waals surface area contributed by atoms with Gasteiger partial charge in [0.25, 0.3) is 0 Å². The molecule has 31 heavy (non-hydrogen) atoms. The lowest BCUT2D eigenvalue weighted by Crippen LogP contribution is -2.06. The summed E-state index contributed by atoms with van der Waals surface area (Å²) in [6, 6.07) is 13.7. The van der Waals surface area contributed by atoms with E-state index >= 15 is 0 Å². The molecule has 0 fully saturated rings. The number of H-pyrrole nitrogens is 1. The summed E-state index contributed by atoms with van der Waals surface area (Å²) in [5, 5.41) is 0.741. The molecule has 0 spiro atoms. The fraction of sp³-hybridized carbons (Fsp3) is 0.0476. The van der Waals surface area contributed by atoms with Crippen molar-refractivity contribution >= 4 is 43.9 Å². The number of aromatic nitrogens is 1. The predicted molar refractivity (Wildman–Crippen MR) is 111 cm³/mol. The number of benzene rings is 3. The number of hydrogen-bond donors (Lipinski definition) is 1. The van der Waals surface area contributed by atoms with Gasteiger partial charge in [-0.15, -0.1) is 0 Å². The summed E-state index contributed by atoms with van der Waals surface area (Å²) in [4.78, 5) is 2.47. The van der Waals surface area contributed by atoms with Crippen LogP contribution in [0.4, 0.5) is 13.2 Å². The van der Waals surface area contributed by atoms with Crippen LogP contribution >= 0.6 is 23.2 Å². The summed E-state index contributed by atoms with van der Waals surface area (Å²) in [6.07, 6.45) is -3.29. The van der Waals surface area contributed by atoms with Gasteiger partial charge in [0.05, 0.1) is 25.4 Å². The summed E-state index contributed by atoms with van der Waals surface area (Å²) in [7, 11) is -4.10. The van der Waals surface area contributed by atoms with Crippen LogP contribution < -0.4 is 4.74 Å². The summed E-state index contributed by atoms with van der Waals surface area (Å²) < 4.78 is 70.2. The molecule has 1 heterocycles. The minimum atomic E-state index is -4.56. The summed E-state index contributed by atoms with van der Waals surface area (Å²) in [6.45, 7) is 0. The van der Waals surface area contributed by atoms with E-state index in [1.165, 1.54) is 24.4 Å². The van der Waals surface area contributed by atoms with Crippen molar-refractivity contribution in [1.29, 1.82) is 0 Å². The normalized spacial score (nSPS) is 12.3. The minimum absolute atomic E-state index is 0.105. The Balaban J connectivity index is 1.75. The Morgan fingerprint density at radius 3 is 2.23 bits per heavy atom. The van der Waals surface area contributed by atoms with E-state index in [4.69, 9.17) is 27.9 Å². The average molecular weight is 485 g/mol. The molecule has 0 saturated heterocycles. The first-order chi connectivity index (χ1) is 14.6. The molecule has 0 amide bonds. The van der Waals surface area contributed by atoms with Gasteiger partial charge in [0.1, 0.15) is 5.75 Å². The van der Waals surface area contributed by atoms with Crippen LogP contribution in [0.2, 0.25) is 10.0 Å². The molecule has 0 bridgehead atoms. The van der Waals surface area contributed by atoms with Crippen LogP contribution in [0.5, 0.6) is 11.5 Å². The third kappa shape index (κ3) is 4.11. The Morgan fingerprint density at radius 1 is 0.968 bits per heavy atom. The van der Waals surface area contributed by atoms with Gasteiger partial charge in [0.15, 0.2) is 5.75 Å². The van der Waals surface area contributed by atoms with Crippen LogP contribution in [0.25, 0.3) is 10.9 Å². The van der Waals surface area contributed by atoms with Crippen molar-refractivity contribution < 1.29 is 26.3 Å². The van der Waals surface area contributed by atoms with E-state index in [0.717, 1.165) is 24.3 Å². The standard InChI is InChI=1S/C21H11Cl2F3NO3S/c22-16-2-1-3-17(23)20(16)30-13-6-9-18-15(10-13)19(11-27-18)31(28,29)14-7-4-12(5-8-14)21(24,25)26/h2-11,27H. The van der Waals surface area contributed by atoms with Crippen molar-refractivity contribution in [2.24, 2.45) is 0 Å². The molecule has 4 nitrogen and oxygen atoms in total. The SMILES string of the molecule is O=S(=O)(c1ccc(C(F)(F)F)cc1)c1c[nH]c2ccc(Oc3c(Cl)c[c]cc3Cl)cc12. The second-order valence-corrected chi connectivity index (χ2v) is 9.20. The van der Waals surface area contributed by atoms with Crippen molar-refractivity contribution in [3.63, 3.8) is 0 Å². The first kappa shape index (κ1) is 21.5. The van der Waals surface area contributed by atoms with Gasteiger partial charge < -0.3 is 9.72 Å². The highest BCUT2D eigenvalue weighted by molar-refractivity contribution is 7.91. The van der Waals surface area contributed by atoms with Gasteiger partial charge in [-0.3, -0.25) is 0 Å². The van der Waals surface area contributed by atoms with Crippen molar-refractivity contribution in [1.82, 2.24) is 4.98 Å². The summed E-state index contributed by atoms with van der Waals surface area (Å²) >= 11 is 12.2. The van der Waals surface area contributed by atoms with E-state index in [-0.39, 0.29) is 31.3 Å². The molecule has 0 saturated carbocycles. The van der Waals surface area contributed by atoms with Crippen molar-refractivity contribution in [2.45, 2.75) is 16.0 Å². The fourth-order valence-electron chi connectivity index (χ4n) is 2.96. The maximum Gasteiger partial charge on any atom is 0.416 e. The molecule has 1 aromatic heterocycles. The third-order valence-electron chi connectivity index (χ3n) is 4.47. The van der Waals surface area contributed by atoms with Gasteiger partial charge in [-0.05, 0) is 60.7 Å². The molecular formula is C21H11Cl2F3NO3S. The predicted octanol–water partition coefficient (Wildman–Crippen LogP) is 6.92. The molecule has 4 aromatic rings. The molecule has 4 rings (SSSR count). The van der Waals surface area contributed by atoms with Crippen LogP contribution in [0.3, 0.4) is 0 Å². The molecule has 0 aliphatic carbocycles. The summed E-state index contributed by atoms with van der Waals surface area (Å²) in [5.41, 5.74) is -0.439. The molecular weight excluding hydrogens is 474 g/mol. The van der Waals surface area contributed by atoms with Crippen LogP contribution in [0, 0.1) is 6.07 Å². The van der Waals surface area contributed by atoms with Gasteiger partial charge in [0, 0.05) is 17.1 Å². The topological polar surface area (TPSA) is 59.2 Å². The van der Waals surface area contributed by atoms with E-state index in [1.54, 1.807) is 12.1 Å². The number of aromatic amines is 1. The van der Waals surface area contributed by atoms with E-state index in [2.05, 4.69) is 11.1 Å². The molecule has 0 atom stereocenters. The van der Waals surface area contributed by atoms with Crippen LogP contribution in [0.1, 0.15) is 5.56 Å². The van der Waals surface area contributed by atoms with Gasteiger partial charge >= 0.3 is 6.18 Å². The minimum Gasteiger partial charge on any atom is -0.454 e. The van der Waals surface area contributed by atoms with E-state index < -0.39 is 21.6 Å². The van der Waals surface area contributed by atoms with Crippen LogP contribution in [-0.2, 0) is 16.0 Å². The van der Waals surface area contributed by atoms with Crippen molar-refractivity contribution in [3.8, 4) is 11.5 Å². The lowest BCUT2D eigenvalue weighted by molar-refractivity contribution is -0.137. The number of nitrogens with one attached hydrogen (secondary N) is 1. The highest BCUT2D eigenvalue weighted by Gasteiger charge is 2.31. The molecule has 10 heteroatoms. The zero-order valence-corrected chi connectivity index (χ0v) is 17.6. The average Bonchev–Trinajstić information content (AvgIpc) is 3.14. The first-order valence-electron chi connectivity index (χ1n) is 8.64. The Labute approximate surface area is 185 Å². The molecule has 1 radical (unpaired) electrons. The highest BCUT2D eigenvalue weighted by atomic mass is 35.5. The number of halogens is 5. The zero-order chi connectivity index (χ0) is 22.4. The quantitative estimate of drug-likeness (QED) is 0.342. The molecule has 0 aliphatic rings. The fourth-order valence-corrected chi connectivity index (χ4v) is 4.83. The summed E-state index contributed by atoms with van der Waals surface area (Å²) in [5.74, 6) is 0.454.